The molecular weight excluding hydrogens is 248 g/mol. The van der Waals surface area contributed by atoms with Crippen LogP contribution in [-0.2, 0) is 4.79 Å². The monoisotopic (exact) mass is 274 g/mol. The van der Waals surface area contributed by atoms with Crippen molar-refractivity contribution in [1.29, 1.82) is 0 Å². The second kappa shape index (κ2) is 7.44. The molecule has 1 saturated heterocycles. The fraction of sp³-hybridized carbons (Fsp3) is 0.588. The normalized spacial score (nSPS) is 23.6. The summed E-state index contributed by atoms with van der Waals surface area (Å²) < 4.78 is 0. The summed E-state index contributed by atoms with van der Waals surface area (Å²) in [6.07, 6.45) is 4.99. The highest BCUT2D eigenvalue weighted by atomic mass is 16.1. The summed E-state index contributed by atoms with van der Waals surface area (Å²) in [5.41, 5.74) is 6.65. The van der Waals surface area contributed by atoms with Gasteiger partial charge in [0.1, 0.15) is 0 Å². The van der Waals surface area contributed by atoms with Gasteiger partial charge in [-0.15, -0.1) is 0 Å². The number of hydrogen-bond acceptors (Lipinski definition) is 2. The fourth-order valence-electron chi connectivity index (χ4n) is 3.19. The SMILES string of the molecule is CC1CC(c2ccccc2)CCN1CCCCC(N)=O. The number of nitrogens with zero attached hydrogens (tertiary/aromatic N) is 1. The molecule has 2 rings (SSSR count). The number of unbranched alkanes of at least 4 members (excludes halogenated alkanes) is 1. The van der Waals surface area contributed by atoms with Crippen LogP contribution in [0.25, 0.3) is 0 Å². The summed E-state index contributed by atoms with van der Waals surface area (Å²) in [4.78, 5) is 13.3. The molecule has 2 atom stereocenters. The zero-order valence-corrected chi connectivity index (χ0v) is 12.4. The Morgan fingerprint density at radius 2 is 2.05 bits per heavy atom. The van der Waals surface area contributed by atoms with Crippen molar-refractivity contribution >= 4 is 5.91 Å². The van der Waals surface area contributed by atoms with E-state index in [4.69, 9.17) is 5.73 Å². The molecule has 0 spiro atoms. The molecule has 3 heteroatoms. The lowest BCUT2D eigenvalue weighted by molar-refractivity contribution is -0.118. The van der Waals surface area contributed by atoms with E-state index in [1.54, 1.807) is 0 Å². The van der Waals surface area contributed by atoms with Crippen LogP contribution in [0.3, 0.4) is 0 Å². The predicted molar refractivity (Wildman–Crippen MR) is 82.5 cm³/mol. The summed E-state index contributed by atoms with van der Waals surface area (Å²) in [5, 5.41) is 0. The zero-order valence-electron chi connectivity index (χ0n) is 12.4. The number of rotatable bonds is 6. The lowest BCUT2D eigenvalue weighted by Gasteiger charge is -2.38. The van der Waals surface area contributed by atoms with Gasteiger partial charge in [-0.25, -0.2) is 0 Å². The van der Waals surface area contributed by atoms with Gasteiger partial charge in [0.25, 0.3) is 0 Å². The number of piperidine rings is 1. The van der Waals surface area contributed by atoms with Crippen LogP contribution in [0.1, 0.15) is 50.5 Å². The maximum atomic E-state index is 10.7. The lowest BCUT2D eigenvalue weighted by Crippen LogP contribution is -2.40. The second-order valence-corrected chi connectivity index (χ2v) is 5.94. The maximum Gasteiger partial charge on any atom is 0.217 e. The van der Waals surface area contributed by atoms with Crippen LogP contribution >= 0.6 is 0 Å². The van der Waals surface area contributed by atoms with Gasteiger partial charge in [-0.3, -0.25) is 4.79 Å². The van der Waals surface area contributed by atoms with Gasteiger partial charge in [-0.1, -0.05) is 30.3 Å². The van der Waals surface area contributed by atoms with Crippen molar-refractivity contribution in [2.45, 2.75) is 51.0 Å². The third-order valence-corrected chi connectivity index (χ3v) is 4.40. The van der Waals surface area contributed by atoms with Crippen LogP contribution in [0.5, 0.6) is 0 Å². The number of amides is 1. The second-order valence-electron chi connectivity index (χ2n) is 5.94. The van der Waals surface area contributed by atoms with Crippen molar-refractivity contribution in [2.24, 2.45) is 5.73 Å². The first-order valence-corrected chi connectivity index (χ1v) is 7.74. The third kappa shape index (κ3) is 4.34. The molecule has 0 aliphatic carbocycles. The van der Waals surface area contributed by atoms with Gasteiger partial charge in [0.15, 0.2) is 0 Å². The van der Waals surface area contributed by atoms with Gasteiger partial charge in [0.2, 0.25) is 5.91 Å². The summed E-state index contributed by atoms with van der Waals surface area (Å²) >= 11 is 0. The number of benzene rings is 1. The van der Waals surface area contributed by atoms with E-state index in [2.05, 4.69) is 42.2 Å². The quantitative estimate of drug-likeness (QED) is 0.811. The fourth-order valence-corrected chi connectivity index (χ4v) is 3.19. The van der Waals surface area contributed by atoms with Crippen LogP contribution in [0.4, 0.5) is 0 Å². The van der Waals surface area contributed by atoms with Gasteiger partial charge in [-0.05, 0) is 57.2 Å². The minimum Gasteiger partial charge on any atom is -0.370 e. The summed E-state index contributed by atoms with van der Waals surface area (Å²) in [5.74, 6) is 0.522. The van der Waals surface area contributed by atoms with Crippen LogP contribution in [-0.4, -0.2) is 29.9 Å². The smallest absolute Gasteiger partial charge is 0.217 e. The molecule has 20 heavy (non-hydrogen) atoms. The third-order valence-electron chi connectivity index (χ3n) is 4.40. The van der Waals surface area contributed by atoms with Crippen molar-refractivity contribution in [3.8, 4) is 0 Å². The van der Waals surface area contributed by atoms with Crippen molar-refractivity contribution in [3.05, 3.63) is 35.9 Å². The van der Waals surface area contributed by atoms with Gasteiger partial charge in [0.05, 0.1) is 0 Å². The Morgan fingerprint density at radius 3 is 2.70 bits per heavy atom. The van der Waals surface area contributed by atoms with Gasteiger partial charge in [-0.2, -0.15) is 0 Å². The van der Waals surface area contributed by atoms with Gasteiger partial charge < -0.3 is 10.6 Å². The molecule has 0 aromatic heterocycles. The molecule has 1 aromatic rings. The van der Waals surface area contributed by atoms with Crippen LogP contribution in [0.15, 0.2) is 30.3 Å². The van der Waals surface area contributed by atoms with Crippen molar-refractivity contribution in [1.82, 2.24) is 4.90 Å². The molecule has 0 radical (unpaired) electrons. The van der Waals surface area contributed by atoms with E-state index in [0.29, 0.717) is 18.4 Å². The largest absolute Gasteiger partial charge is 0.370 e. The van der Waals surface area contributed by atoms with Gasteiger partial charge in [0, 0.05) is 12.5 Å². The number of carbonyl (C=O) groups is 1. The average Bonchev–Trinajstić information content (AvgIpc) is 2.45. The minimum absolute atomic E-state index is 0.180. The number of nitrogens with two attached hydrogens (primary N) is 1. The maximum absolute atomic E-state index is 10.7. The van der Waals surface area contributed by atoms with Crippen LogP contribution < -0.4 is 5.73 Å². The predicted octanol–water partition coefficient (Wildman–Crippen LogP) is 2.91. The van der Waals surface area contributed by atoms with E-state index in [-0.39, 0.29) is 5.91 Å². The Morgan fingerprint density at radius 1 is 1.30 bits per heavy atom. The van der Waals surface area contributed by atoms with E-state index in [1.807, 2.05) is 0 Å². The van der Waals surface area contributed by atoms with E-state index >= 15 is 0 Å². The van der Waals surface area contributed by atoms with Crippen molar-refractivity contribution in [3.63, 3.8) is 0 Å². The molecule has 1 aromatic carbocycles. The molecule has 0 saturated carbocycles. The Labute approximate surface area is 122 Å². The molecular formula is C17H26N2O. The lowest BCUT2D eigenvalue weighted by atomic mass is 9.86. The molecule has 2 unspecified atom stereocenters. The van der Waals surface area contributed by atoms with E-state index in [1.165, 1.54) is 18.4 Å². The molecule has 1 fully saturated rings. The molecule has 1 aliphatic rings. The van der Waals surface area contributed by atoms with Crippen molar-refractivity contribution < 1.29 is 4.79 Å². The van der Waals surface area contributed by atoms with Gasteiger partial charge >= 0.3 is 0 Å². The molecule has 1 heterocycles. The first kappa shape index (κ1) is 15.0. The first-order valence-electron chi connectivity index (χ1n) is 7.74. The first-order chi connectivity index (χ1) is 9.66. The molecule has 110 valence electrons. The van der Waals surface area contributed by atoms with Crippen LogP contribution in [0.2, 0.25) is 0 Å². The van der Waals surface area contributed by atoms with Crippen LogP contribution in [0, 0.1) is 0 Å². The summed E-state index contributed by atoms with van der Waals surface area (Å²) in [6.45, 7) is 4.58. The van der Waals surface area contributed by atoms with Crippen molar-refractivity contribution in [2.75, 3.05) is 13.1 Å². The van der Waals surface area contributed by atoms with E-state index in [9.17, 15) is 4.79 Å². The standard InChI is InChI=1S/C17H26N2O/c1-14-13-16(15-7-3-2-4-8-15)10-12-19(14)11-6-5-9-17(18)20/h2-4,7-8,14,16H,5-6,9-13H2,1H3,(H2,18,20). The topological polar surface area (TPSA) is 46.3 Å². The Balaban J connectivity index is 1.76. The van der Waals surface area contributed by atoms with E-state index in [0.717, 1.165) is 25.9 Å². The molecule has 1 aliphatic heterocycles. The average molecular weight is 274 g/mol. The highest BCUT2D eigenvalue weighted by Gasteiger charge is 2.25. The zero-order chi connectivity index (χ0) is 14.4. The van der Waals surface area contributed by atoms with E-state index < -0.39 is 0 Å². The Bertz CT molecular complexity index is 418. The number of primary amides is 1. The molecule has 0 bridgehead atoms. The minimum atomic E-state index is -0.180. The summed E-state index contributed by atoms with van der Waals surface area (Å²) in [6, 6.07) is 11.5. The highest BCUT2D eigenvalue weighted by Crippen LogP contribution is 2.31. The Hall–Kier alpha value is -1.35. The number of hydrogen-bond donors (Lipinski definition) is 1. The number of carbonyl (C=O) groups excluding carboxylic acids is 1. The molecule has 1 amide bonds. The number of likely N-dealkylation sites (tertiary alicyclic amines) is 1. The Kier molecular flexibility index (Phi) is 5.60. The summed E-state index contributed by atoms with van der Waals surface area (Å²) in [7, 11) is 0. The highest BCUT2D eigenvalue weighted by molar-refractivity contribution is 5.73. The molecule has 2 N–H and O–H groups in total. The molecule has 3 nitrogen and oxygen atoms in total.